The minimum atomic E-state index is -0.544. The highest BCUT2D eigenvalue weighted by molar-refractivity contribution is 5.69. The van der Waals surface area contributed by atoms with E-state index in [9.17, 15) is 9.90 Å². The zero-order valence-electron chi connectivity index (χ0n) is 36.4. The Balaban J connectivity index is 3.46. The third-order valence-corrected chi connectivity index (χ3v) is 10.0. The van der Waals surface area contributed by atoms with Gasteiger partial charge in [0.25, 0.3) is 0 Å². The van der Waals surface area contributed by atoms with E-state index in [0.29, 0.717) is 13.0 Å². The molecule has 0 heterocycles. The molecular formula is C51H90O4. The van der Waals surface area contributed by atoms with Gasteiger partial charge in [-0.05, 0) is 83.5 Å². The highest BCUT2D eigenvalue weighted by atomic mass is 16.6. The van der Waals surface area contributed by atoms with E-state index in [2.05, 4.69) is 86.8 Å². The topological polar surface area (TPSA) is 55.8 Å². The van der Waals surface area contributed by atoms with Crippen LogP contribution >= 0.6 is 0 Å². The number of aliphatic hydroxyl groups is 1. The smallest absolute Gasteiger partial charge is 0.306 e. The monoisotopic (exact) mass is 767 g/mol. The molecule has 0 aliphatic heterocycles. The molecule has 0 aromatic rings. The van der Waals surface area contributed by atoms with Gasteiger partial charge in [-0.1, -0.05) is 202 Å². The van der Waals surface area contributed by atoms with Crippen molar-refractivity contribution in [1.29, 1.82) is 0 Å². The first-order chi connectivity index (χ1) is 27.2. The molecule has 0 aliphatic carbocycles. The van der Waals surface area contributed by atoms with Crippen LogP contribution in [0.1, 0.15) is 219 Å². The van der Waals surface area contributed by atoms with Crippen molar-refractivity contribution in [1.82, 2.24) is 0 Å². The van der Waals surface area contributed by atoms with Crippen LogP contribution in [0.2, 0.25) is 0 Å². The maximum absolute atomic E-state index is 12.2. The van der Waals surface area contributed by atoms with Crippen LogP contribution in [0.5, 0.6) is 0 Å². The maximum atomic E-state index is 12.2. The minimum Gasteiger partial charge on any atom is -0.457 e. The lowest BCUT2D eigenvalue weighted by Gasteiger charge is -2.16. The van der Waals surface area contributed by atoms with Crippen molar-refractivity contribution in [2.75, 3.05) is 19.8 Å². The summed E-state index contributed by atoms with van der Waals surface area (Å²) in [5.74, 6) is -0.211. The number of unbranched alkanes of at least 4 members (excludes halogenated alkanes) is 23. The van der Waals surface area contributed by atoms with Gasteiger partial charge in [0.2, 0.25) is 0 Å². The maximum Gasteiger partial charge on any atom is 0.306 e. The van der Waals surface area contributed by atoms with Gasteiger partial charge in [-0.2, -0.15) is 0 Å². The lowest BCUT2D eigenvalue weighted by atomic mass is 10.1. The van der Waals surface area contributed by atoms with Gasteiger partial charge in [-0.25, -0.2) is 0 Å². The van der Waals surface area contributed by atoms with Crippen LogP contribution in [0.15, 0.2) is 72.9 Å². The van der Waals surface area contributed by atoms with Crippen molar-refractivity contribution in [3.63, 3.8) is 0 Å². The van der Waals surface area contributed by atoms with E-state index < -0.39 is 6.10 Å². The average Bonchev–Trinajstić information content (AvgIpc) is 3.19. The Labute approximate surface area is 342 Å². The number of esters is 1. The Morgan fingerprint density at radius 3 is 1.24 bits per heavy atom. The number of carbonyl (C=O) groups excluding carboxylic acids is 1. The summed E-state index contributed by atoms with van der Waals surface area (Å²) in [6, 6.07) is 0. The molecule has 0 aliphatic rings. The van der Waals surface area contributed by atoms with Crippen molar-refractivity contribution >= 4 is 5.97 Å². The molecular weight excluding hydrogens is 677 g/mol. The summed E-state index contributed by atoms with van der Waals surface area (Å²) in [6.45, 7) is 5.22. The Morgan fingerprint density at radius 2 is 0.818 bits per heavy atom. The SMILES string of the molecule is CC/C=C\C/C=C\C/C=C\C/C=C\CCCCCCCCCCC(=O)OC(CO)COCCCCCCCCCCCC/C=C\C/C=C\CCCCCCC. The molecule has 4 heteroatoms. The summed E-state index contributed by atoms with van der Waals surface area (Å²) < 4.78 is 11.2. The molecule has 318 valence electrons. The third-order valence-electron chi connectivity index (χ3n) is 10.0. The fraction of sp³-hybridized carbons (Fsp3) is 0.745. The number of carbonyl (C=O) groups is 1. The molecule has 1 N–H and O–H groups in total. The third kappa shape index (κ3) is 46.1. The van der Waals surface area contributed by atoms with Gasteiger partial charge in [-0.3, -0.25) is 4.79 Å². The van der Waals surface area contributed by atoms with Gasteiger partial charge >= 0.3 is 5.97 Å². The van der Waals surface area contributed by atoms with E-state index >= 15 is 0 Å². The van der Waals surface area contributed by atoms with Gasteiger partial charge in [-0.15, -0.1) is 0 Å². The molecule has 4 nitrogen and oxygen atoms in total. The molecule has 0 radical (unpaired) electrons. The number of ether oxygens (including phenoxy) is 2. The average molecular weight is 767 g/mol. The molecule has 0 amide bonds. The summed E-state index contributed by atoms with van der Waals surface area (Å²) in [6.07, 6.45) is 65.4. The van der Waals surface area contributed by atoms with E-state index in [4.69, 9.17) is 9.47 Å². The first kappa shape index (κ1) is 52.8. The largest absolute Gasteiger partial charge is 0.457 e. The normalized spacial score (nSPS) is 13.0. The van der Waals surface area contributed by atoms with E-state index in [1.807, 2.05) is 0 Å². The van der Waals surface area contributed by atoms with Crippen LogP contribution in [0.4, 0.5) is 0 Å². The molecule has 0 saturated carbocycles. The van der Waals surface area contributed by atoms with Gasteiger partial charge in [0, 0.05) is 13.0 Å². The van der Waals surface area contributed by atoms with Gasteiger partial charge in [0.15, 0.2) is 0 Å². The summed E-state index contributed by atoms with van der Waals surface area (Å²) in [4.78, 5) is 12.2. The molecule has 0 bridgehead atoms. The van der Waals surface area contributed by atoms with Crippen molar-refractivity contribution in [3.05, 3.63) is 72.9 Å². The van der Waals surface area contributed by atoms with Crippen molar-refractivity contribution < 1.29 is 19.4 Å². The van der Waals surface area contributed by atoms with Crippen LogP contribution in [0.25, 0.3) is 0 Å². The molecule has 55 heavy (non-hydrogen) atoms. The molecule has 0 fully saturated rings. The molecule has 0 saturated heterocycles. The lowest BCUT2D eigenvalue weighted by molar-refractivity contribution is -0.154. The van der Waals surface area contributed by atoms with Crippen LogP contribution in [0, 0.1) is 0 Å². The standard InChI is InChI=1S/C51H90O4/c1-3-5-7-9-11-13-15-17-19-21-23-25-27-29-31-33-35-37-39-41-43-45-47-54-49-50(48-52)55-51(53)46-44-42-40-38-36-34-32-30-28-26-24-22-20-18-16-14-12-10-8-6-4-2/h6,8,12,14-15,17-18,20-21,23-24,26,50,52H,3-5,7,9-11,13,16,19,22,25,27-49H2,1-2H3/b8-6-,14-12-,17-15-,20-18-,23-21-,26-24-. The number of rotatable bonds is 43. The van der Waals surface area contributed by atoms with E-state index in [0.717, 1.165) is 51.4 Å². The second kappa shape index (κ2) is 48.0. The quantitative estimate of drug-likeness (QED) is 0.0381. The van der Waals surface area contributed by atoms with Crippen molar-refractivity contribution in [2.24, 2.45) is 0 Å². The Hall–Kier alpha value is -2.17. The Kier molecular flexibility index (Phi) is 46.1. The van der Waals surface area contributed by atoms with E-state index in [1.54, 1.807) is 0 Å². The molecule has 0 aromatic carbocycles. The van der Waals surface area contributed by atoms with Crippen LogP contribution < -0.4 is 0 Å². The molecule has 1 unspecified atom stereocenters. The molecule has 0 spiro atoms. The van der Waals surface area contributed by atoms with Crippen molar-refractivity contribution in [3.8, 4) is 0 Å². The number of hydrogen-bond donors (Lipinski definition) is 1. The second-order valence-electron chi connectivity index (χ2n) is 15.4. The fourth-order valence-electron chi connectivity index (χ4n) is 6.53. The van der Waals surface area contributed by atoms with E-state index in [-0.39, 0.29) is 19.2 Å². The van der Waals surface area contributed by atoms with E-state index in [1.165, 1.54) is 148 Å². The second-order valence-corrected chi connectivity index (χ2v) is 15.4. The zero-order chi connectivity index (χ0) is 39.8. The summed E-state index contributed by atoms with van der Waals surface area (Å²) in [5, 5.41) is 9.63. The first-order valence-corrected chi connectivity index (χ1v) is 23.5. The zero-order valence-corrected chi connectivity index (χ0v) is 36.4. The Morgan fingerprint density at radius 1 is 0.455 bits per heavy atom. The van der Waals surface area contributed by atoms with Crippen LogP contribution in [-0.4, -0.2) is 37.0 Å². The molecule has 1 atom stereocenters. The predicted molar refractivity (Wildman–Crippen MR) is 242 cm³/mol. The fourth-order valence-corrected chi connectivity index (χ4v) is 6.53. The van der Waals surface area contributed by atoms with Crippen molar-refractivity contribution in [2.45, 2.75) is 225 Å². The molecule has 0 aromatic heterocycles. The number of aliphatic hydroxyl groups excluding tert-OH is 1. The van der Waals surface area contributed by atoms with Crippen LogP contribution in [0.3, 0.4) is 0 Å². The minimum absolute atomic E-state index is 0.179. The first-order valence-electron chi connectivity index (χ1n) is 23.5. The number of allylic oxidation sites excluding steroid dienone is 12. The summed E-state index contributed by atoms with van der Waals surface area (Å²) in [7, 11) is 0. The highest BCUT2D eigenvalue weighted by Gasteiger charge is 2.13. The van der Waals surface area contributed by atoms with Gasteiger partial charge < -0.3 is 14.6 Å². The number of hydrogen-bond acceptors (Lipinski definition) is 4. The summed E-state index contributed by atoms with van der Waals surface area (Å²) in [5.41, 5.74) is 0. The molecule has 0 rings (SSSR count). The van der Waals surface area contributed by atoms with Gasteiger partial charge in [0.05, 0.1) is 13.2 Å². The lowest BCUT2D eigenvalue weighted by Crippen LogP contribution is -2.27. The summed E-state index contributed by atoms with van der Waals surface area (Å²) >= 11 is 0. The Bertz CT molecular complexity index is 942. The van der Waals surface area contributed by atoms with Gasteiger partial charge in [0.1, 0.15) is 6.10 Å². The van der Waals surface area contributed by atoms with Crippen LogP contribution in [-0.2, 0) is 14.3 Å². The predicted octanol–water partition coefficient (Wildman–Crippen LogP) is 15.8. The highest BCUT2D eigenvalue weighted by Crippen LogP contribution is 2.14.